The fourth-order valence-electron chi connectivity index (χ4n) is 4.74. The number of terminal acetylenes is 1. The van der Waals surface area contributed by atoms with Gasteiger partial charge >= 0.3 is 24.4 Å². The van der Waals surface area contributed by atoms with Crippen molar-refractivity contribution in [1.82, 2.24) is 10.6 Å². The number of carbonyl (C=O) groups is 5. The topological polar surface area (TPSA) is 169 Å². The second kappa shape index (κ2) is 24.1. The molecule has 4 N–H and O–H groups in total. The van der Waals surface area contributed by atoms with Crippen molar-refractivity contribution in [1.29, 1.82) is 0 Å². The molecule has 4 amide bonds. The summed E-state index contributed by atoms with van der Waals surface area (Å²) in [6.45, 7) is 10.5. The van der Waals surface area contributed by atoms with Gasteiger partial charge in [0.1, 0.15) is 11.6 Å². The van der Waals surface area contributed by atoms with Crippen LogP contribution in [-0.2, 0) is 28.7 Å². The largest absolute Gasteiger partial charge is 0.444 e. The number of nitrogens with one attached hydrogen (secondary N) is 2. The molecule has 2 aromatic rings. The van der Waals surface area contributed by atoms with Gasteiger partial charge in [-0.2, -0.15) is 26.3 Å². The Hall–Kier alpha value is -5.60. The average molecular weight is 816 g/mol. The van der Waals surface area contributed by atoms with E-state index in [1.54, 1.807) is 96.1 Å². The van der Waals surface area contributed by atoms with Crippen molar-refractivity contribution >= 4 is 41.7 Å². The smallest absolute Gasteiger partial charge is 0.408 e. The van der Waals surface area contributed by atoms with E-state index in [0.29, 0.717) is 22.5 Å². The number of amides is 4. The lowest BCUT2D eigenvalue weighted by Crippen LogP contribution is -2.51. The highest BCUT2D eigenvalue weighted by atomic mass is 19.4. The van der Waals surface area contributed by atoms with E-state index >= 15 is 0 Å². The van der Waals surface area contributed by atoms with Gasteiger partial charge in [-0.1, -0.05) is 76.2 Å². The lowest BCUT2D eigenvalue weighted by molar-refractivity contribution is -0.148. The zero-order chi connectivity index (χ0) is 44.1. The molecule has 316 valence electrons. The molecule has 1 aliphatic heterocycles. The number of esters is 1. The maximum atomic E-state index is 14.0. The summed E-state index contributed by atoms with van der Waals surface area (Å²) < 4.78 is 82.0. The van der Waals surface area contributed by atoms with E-state index < -0.39 is 91.9 Å². The fourth-order valence-corrected chi connectivity index (χ4v) is 4.74. The van der Waals surface area contributed by atoms with Gasteiger partial charge in [0.2, 0.25) is 18.5 Å². The van der Waals surface area contributed by atoms with Crippen LogP contribution in [-0.4, -0.2) is 72.9 Å². The Kier molecular flexibility index (Phi) is 21.8. The van der Waals surface area contributed by atoms with Gasteiger partial charge in [0.15, 0.2) is 6.73 Å². The summed E-state index contributed by atoms with van der Waals surface area (Å²) in [7, 11) is 0. The van der Waals surface area contributed by atoms with Crippen LogP contribution in [0.2, 0.25) is 0 Å². The molecule has 0 saturated carbocycles. The monoisotopic (exact) mass is 815 g/mol. The lowest BCUT2D eigenvalue weighted by atomic mass is 9.99. The summed E-state index contributed by atoms with van der Waals surface area (Å²) in [5.74, 6) is -3.79. The molecule has 0 aromatic heterocycles. The van der Waals surface area contributed by atoms with Gasteiger partial charge in [-0.15, -0.1) is 12.8 Å². The van der Waals surface area contributed by atoms with Gasteiger partial charge in [0, 0.05) is 29.9 Å². The van der Waals surface area contributed by atoms with Crippen molar-refractivity contribution in [3.63, 3.8) is 0 Å². The zero-order valence-corrected chi connectivity index (χ0v) is 32.9. The minimum Gasteiger partial charge on any atom is -0.444 e. The third-order valence-corrected chi connectivity index (χ3v) is 7.50. The summed E-state index contributed by atoms with van der Waals surface area (Å²) in [5.41, 5.74) is 5.14. The highest BCUT2D eigenvalue weighted by Gasteiger charge is 2.37. The molecule has 0 bridgehead atoms. The molecule has 0 radical (unpaired) electrons. The van der Waals surface area contributed by atoms with E-state index in [1.807, 2.05) is 0 Å². The normalized spacial score (nSPS) is 14.8. The second-order valence-corrected chi connectivity index (χ2v) is 13.4. The number of anilines is 1. The van der Waals surface area contributed by atoms with Crippen LogP contribution in [0.25, 0.3) is 0 Å². The van der Waals surface area contributed by atoms with Crippen LogP contribution in [0.5, 0.6) is 0 Å². The van der Waals surface area contributed by atoms with Gasteiger partial charge in [0.25, 0.3) is 5.91 Å². The van der Waals surface area contributed by atoms with Gasteiger partial charge in [0.05, 0.1) is 11.4 Å². The van der Waals surface area contributed by atoms with Crippen molar-refractivity contribution < 1.29 is 59.8 Å². The Morgan fingerprint density at radius 2 is 1.47 bits per heavy atom. The molecular formula is C39H51F6N5O7. The maximum absolute atomic E-state index is 14.0. The molecule has 57 heavy (non-hydrogen) atoms. The first kappa shape index (κ1) is 51.4. The van der Waals surface area contributed by atoms with E-state index in [0.717, 1.165) is 11.8 Å². The molecule has 3 rings (SSSR count). The number of halogens is 6. The number of benzene rings is 2. The Bertz CT molecular complexity index is 1640. The predicted octanol–water partition coefficient (Wildman–Crippen LogP) is 7.04. The molecule has 1 unspecified atom stereocenters. The lowest BCUT2D eigenvalue weighted by Gasteiger charge is -2.28. The first-order valence-corrected chi connectivity index (χ1v) is 17.6. The number of primary amides is 1. The maximum Gasteiger partial charge on any atom is 0.408 e. The van der Waals surface area contributed by atoms with Crippen molar-refractivity contribution in [3.8, 4) is 12.8 Å². The number of fused-ring (bicyclic) bond motifs is 1. The quantitative estimate of drug-likeness (QED) is 0.0946. The molecule has 0 spiro atoms. The summed E-state index contributed by atoms with van der Waals surface area (Å²) in [4.78, 5) is 67.2. The molecule has 0 saturated heterocycles. The van der Waals surface area contributed by atoms with Crippen LogP contribution >= 0.6 is 0 Å². The minimum atomic E-state index is -4.45. The summed E-state index contributed by atoms with van der Waals surface area (Å²) in [5, 5.41) is 5.05. The number of carbonyl (C=O) groups excluding carboxylic acids is 5. The third-order valence-electron chi connectivity index (χ3n) is 7.50. The SMILES string of the molecule is C#C.CCC(F)(F)F.CC[C@@H](CCC(F)(F)F)C(=O)N[C@H]1N=C(c2ccccc2)c2ccccc2N(COC(=O)C(NC(=O)OC(C)(C)C)C(C)C)C1=O.NC=O. The highest BCUT2D eigenvalue weighted by Crippen LogP contribution is 2.30. The average Bonchev–Trinajstić information content (AvgIpc) is 3.23. The third kappa shape index (κ3) is 19.2. The predicted molar refractivity (Wildman–Crippen MR) is 202 cm³/mol. The highest BCUT2D eigenvalue weighted by molar-refractivity contribution is 6.20. The number of nitrogens with two attached hydrogens (primary N) is 1. The van der Waals surface area contributed by atoms with E-state index in [9.17, 15) is 45.5 Å². The number of hydrogen-bond acceptors (Lipinski definition) is 8. The van der Waals surface area contributed by atoms with Crippen molar-refractivity contribution in [2.45, 2.75) is 104 Å². The van der Waals surface area contributed by atoms with Gasteiger partial charge < -0.3 is 25.8 Å². The molecular weight excluding hydrogens is 764 g/mol. The van der Waals surface area contributed by atoms with Crippen LogP contribution < -0.4 is 21.3 Å². The van der Waals surface area contributed by atoms with Crippen LogP contribution in [0.4, 0.5) is 36.8 Å². The molecule has 18 heteroatoms. The number of para-hydroxylation sites is 1. The van der Waals surface area contributed by atoms with Gasteiger partial charge in [-0.05, 0) is 45.6 Å². The molecule has 1 aliphatic rings. The summed E-state index contributed by atoms with van der Waals surface area (Å²) in [6.07, 6.45) is -4.75. The Balaban J connectivity index is 0.00000253. The number of aliphatic imine (C=N–C) groups is 1. The first-order chi connectivity index (χ1) is 26.5. The molecule has 3 atom stereocenters. The number of ether oxygens (including phenoxy) is 2. The number of rotatable bonds is 11. The van der Waals surface area contributed by atoms with Crippen molar-refractivity contribution in [2.75, 3.05) is 11.6 Å². The Labute approximate surface area is 328 Å². The van der Waals surface area contributed by atoms with E-state index in [2.05, 4.69) is 34.2 Å². The number of benzodiazepines with no additional fused rings is 1. The molecule has 0 aliphatic carbocycles. The summed E-state index contributed by atoms with van der Waals surface area (Å²) >= 11 is 0. The van der Waals surface area contributed by atoms with Crippen LogP contribution in [0.1, 0.15) is 85.3 Å². The Morgan fingerprint density at radius 1 is 0.947 bits per heavy atom. The first-order valence-electron chi connectivity index (χ1n) is 17.6. The molecule has 12 nitrogen and oxygen atoms in total. The van der Waals surface area contributed by atoms with E-state index in [-0.39, 0.29) is 12.8 Å². The van der Waals surface area contributed by atoms with Gasteiger partial charge in [-0.25, -0.2) is 14.6 Å². The molecule has 1 heterocycles. The van der Waals surface area contributed by atoms with E-state index in [4.69, 9.17) is 14.3 Å². The fraction of sp³-hybridized carbons (Fsp3) is 0.487. The minimum absolute atomic E-state index is 0.112. The summed E-state index contributed by atoms with van der Waals surface area (Å²) in [6, 6.07) is 14.5. The molecule has 0 fully saturated rings. The number of alkyl halides is 6. The van der Waals surface area contributed by atoms with Crippen LogP contribution in [0.3, 0.4) is 0 Å². The van der Waals surface area contributed by atoms with Crippen LogP contribution in [0.15, 0.2) is 59.6 Å². The second-order valence-electron chi connectivity index (χ2n) is 13.4. The Morgan fingerprint density at radius 3 is 1.95 bits per heavy atom. The zero-order valence-electron chi connectivity index (χ0n) is 32.9. The number of nitrogens with zero attached hydrogens (tertiary/aromatic N) is 2. The number of alkyl carbamates (subject to hydrolysis) is 1. The van der Waals surface area contributed by atoms with Crippen molar-refractivity contribution in [3.05, 3.63) is 65.7 Å². The number of hydrogen-bond donors (Lipinski definition) is 3. The van der Waals surface area contributed by atoms with Crippen molar-refractivity contribution in [2.24, 2.45) is 22.6 Å². The van der Waals surface area contributed by atoms with E-state index in [1.165, 1.54) is 0 Å². The molecule has 2 aromatic carbocycles. The van der Waals surface area contributed by atoms with Crippen LogP contribution in [0, 0.1) is 24.7 Å². The standard InChI is InChI=1S/C33H41F3N4O6.C3H5F3.C2H2.CH3NO/c1-7-21(17-18-33(34,35)36)28(41)39-27-29(42)40(19-45-30(43)25(20(2)3)38-31(44)46-32(4,5)6)24-16-12-11-15-23(24)26(37-27)22-13-9-8-10-14-22;1-2-3(4,5)6;1-2;2-1-3/h8-16,20-21,25,27H,7,17-19H2,1-6H3,(H,38,44)(H,39,41);2H2,1H3;1-2H;1H,(H2,2,3)/t21-,25?,27+;;;/m0.../s1. The van der Waals surface area contributed by atoms with Gasteiger partial charge in [-0.3, -0.25) is 19.3 Å².